The highest BCUT2D eigenvalue weighted by Gasteiger charge is 2.21. The lowest BCUT2D eigenvalue weighted by Gasteiger charge is -2.26. The zero-order valence-electron chi connectivity index (χ0n) is 39.7. The minimum Gasteiger partial charge on any atom is -0.316 e. The Labute approximate surface area is 386 Å². The van der Waals surface area contributed by atoms with Crippen molar-refractivity contribution in [1.82, 2.24) is 9.47 Å². The molecule has 0 saturated carbocycles. The molecular weight excluding hydrogens is 773 g/mol. The van der Waals surface area contributed by atoms with Gasteiger partial charge >= 0.3 is 0 Å². The van der Waals surface area contributed by atoms with Crippen LogP contribution in [0.1, 0.15) is 96.0 Å². The molecule has 1 aliphatic heterocycles. The molecule has 0 radical (unpaired) electrons. The lowest BCUT2D eigenvalue weighted by molar-refractivity contribution is 0.567. The molecule has 4 rings (SSSR count). The molecule has 64 heavy (non-hydrogen) atoms. The topological polar surface area (TPSA) is 8.17 Å². The van der Waals surface area contributed by atoms with Crippen LogP contribution < -0.4 is 10.6 Å². The van der Waals surface area contributed by atoms with E-state index in [-0.39, 0.29) is 0 Å². The molecule has 328 valence electrons. The van der Waals surface area contributed by atoms with Crippen molar-refractivity contribution < 1.29 is 0 Å². The van der Waals surface area contributed by atoms with E-state index in [1.807, 2.05) is 55.2 Å². The van der Waals surface area contributed by atoms with E-state index in [2.05, 4.69) is 188 Å². The SMILES string of the molecule is C=C/C1=C(C)/C=C(\C=C/C=C\C)c2ccccc2C(=C)\C1=C/c1c(C=C)n2c(=C)/c1=C\C=C/CCC(C)C(=C)/C=C\C=C(/C)C/C=C\C(CCC)=C/C(=C)N(C(=C)C)C(=C)/C=C\C2=C. The van der Waals surface area contributed by atoms with Gasteiger partial charge in [0.25, 0.3) is 0 Å². The van der Waals surface area contributed by atoms with Crippen molar-refractivity contribution >= 4 is 41.7 Å². The van der Waals surface area contributed by atoms with Crippen LogP contribution in [0.2, 0.25) is 0 Å². The van der Waals surface area contributed by atoms with Gasteiger partial charge in [0.2, 0.25) is 0 Å². The van der Waals surface area contributed by atoms with Gasteiger partial charge in [0, 0.05) is 38.9 Å². The lowest BCUT2D eigenvalue weighted by Crippen LogP contribution is -2.27. The molecular formula is C62H70N2. The average molecular weight is 843 g/mol. The van der Waals surface area contributed by atoms with E-state index in [1.54, 1.807) is 0 Å². The summed E-state index contributed by atoms with van der Waals surface area (Å²) in [5.41, 5.74) is 15.6. The van der Waals surface area contributed by atoms with E-state index in [1.165, 1.54) is 11.1 Å². The van der Waals surface area contributed by atoms with E-state index in [4.69, 9.17) is 6.58 Å². The second-order valence-electron chi connectivity index (χ2n) is 16.5. The van der Waals surface area contributed by atoms with E-state index < -0.39 is 0 Å². The smallest absolute Gasteiger partial charge is 0.0534 e. The highest BCUT2D eigenvalue weighted by molar-refractivity contribution is 5.97. The highest BCUT2D eigenvalue weighted by atomic mass is 15.1. The van der Waals surface area contributed by atoms with E-state index in [0.717, 1.165) is 110 Å². The quantitative estimate of drug-likeness (QED) is 0.240. The summed E-state index contributed by atoms with van der Waals surface area (Å²) < 4.78 is 2.07. The summed E-state index contributed by atoms with van der Waals surface area (Å²) in [7, 11) is 0. The molecule has 2 nitrogen and oxygen atoms in total. The Morgan fingerprint density at radius 3 is 2.22 bits per heavy atom. The third-order valence-corrected chi connectivity index (χ3v) is 11.5. The first kappa shape index (κ1) is 49.8. The summed E-state index contributed by atoms with van der Waals surface area (Å²) in [4.78, 5) is 1.98. The number of rotatable bonds is 8. The Kier molecular flexibility index (Phi) is 18.7. The fourth-order valence-corrected chi connectivity index (χ4v) is 7.99. The maximum Gasteiger partial charge on any atom is 0.0534 e. The molecule has 0 fully saturated rings. The number of aromatic nitrogens is 1. The number of allylic oxidation sites excluding steroid dienone is 26. The normalized spacial score (nSPS) is 24.4. The van der Waals surface area contributed by atoms with Gasteiger partial charge in [-0.2, -0.15) is 0 Å². The van der Waals surface area contributed by atoms with Gasteiger partial charge in [0.05, 0.1) is 5.69 Å². The summed E-state index contributed by atoms with van der Waals surface area (Å²) >= 11 is 0. The maximum atomic E-state index is 4.75. The predicted molar refractivity (Wildman–Crippen MR) is 288 cm³/mol. The Morgan fingerprint density at radius 1 is 0.828 bits per heavy atom. The predicted octanol–water partition coefficient (Wildman–Crippen LogP) is 16.1. The van der Waals surface area contributed by atoms with Crippen LogP contribution >= 0.6 is 0 Å². The third-order valence-electron chi connectivity index (χ3n) is 11.5. The minimum atomic E-state index is 0.327. The number of hydrogen-bond acceptors (Lipinski definition) is 1. The molecule has 2 aliphatic rings. The molecule has 0 saturated heterocycles. The summed E-state index contributed by atoms with van der Waals surface area (Å²) in [5, 5.41) is 1.73. The van der Waals surface area contributed by atoms with Gasteiger partial charge in [-0.3, -0.25) is 0 Å². The largest absolute Gasteiger partial charge is 0.316 e. The fourth-order valence-electron chi connectivity index (χ4n) is 7.99. The molecule has 1 atom stereocenters. The summed E-state index contributed by atoms with van der Waals surface area (Å²) in [6.45, 7) is 53.0. The van der Waals surface area contributed by atoms with E-state index >= 15 is 0 Å². The zero-order chi connectivity index (χ0) is 46.9. The molecule has 1 aliphatic carbocycles. The van der Waals surface area contributed by atoms with Gasteiger partial charge < -0.3 is 9.47 Å². The number of benzene rings is 1. The van der Waals surface area contributed by atoms with E-state index in [9.17, 15) is 0 Å². The highest BCUT2D eigenvalue weighted by Crippen LogP contribution is 2.39. The van der Waals surface area contributed by atoms with Gasteiger partial charge in [0.15, 0.2) is 0 Å². The summed E-state index contributed by atoms with van der Waals surface area (Å²) in [5.74, 6) is 0.327. The molecule has 1 unspecified atom stereocenters. The van der Waals surface area contributed by atoms with Crippen LogP contribution in [0, 0.1) is 5.92 Å². The van der Waals surface area contributed by atoms with Crippen molar-refractivity contribution in [2.45, 2.75) is 73.6 Å². The number of fused-ring (bicyclic) bond motifs is 3. The van der Waals surface area contributed by atoms with Gasteiger partial charge in [-0.1, -0.05) is 200 Å². The molecule has 0 N–H and O–H groups in total. The maximum absolute atomic E-state index is 4.75. The standard InChI is InChI=1S/C62H70N2/c1-16-20-22-35-55-41-48(10)56(18-3)60(52(14)57-36-25-26-38-59(55)57)43-61-58-37-24-21-23-32-46(8)47(9)33-27-30-45(7)31-28-34-54(29-17-2)42-51(13)63(44(5)6)49(11)39-40-50(12)64(53(58)15)62(61)19-4/h16,18-22,24-28,30,33-43,46H,3-5,9,11-15,17,23,29,31-32H2,1-2,6-8,10H3/b20-16-,24-21-,33-27-,34-28-,35-22-,40-39-,45-30+,54-42-,55-41+,56-48-,58-37+,60-43+. The van der Waals surface area contributed by atoms with Gasteiger partial charge in [-0.05, 0) is 134 Å². The van der Waals surface area contributed by atoms with Crippen LogP contribution in [0.3, 0.4) is 0 Å². The molecule has 0 amide bonds. The van der Waals surface area contributed by atoms with Crippen molar-refractivity contribution in [3.8, 4) is 0 Å². The van der Waals surface area contributed by atoms with Crippen LogP contribution in [0.4, 0.5) is 0 Å². The Hall–Kier alpha value is -6.90. The second-order valence-corrected chi connectivity index (χ2v) is 16.5. The molecule has 1 aromatic carbocycles. The Morgan fingerprint density at radius 2 is 1.55 bits per heavy atom. The summed E-state index contributed by atoms with van der Waals surface area (Å²) in [6.07, 6.45) is 44.7. The van der Waals surface area contributed by atoms with Crippen LogP contribution in [0.15, 0.2) is 225 Å². The molecule has 2 bridgehead atoms. The van der Waals surface area contributed by atoms with Crippen molar-refractivity contribution in [1.29, 1.82) is 0 Å². The Bertz CT molecular complexity index is 2680. The Balaban J connectivity index is 2.00. The fraction of sp³-hybridized carbons (Fsp3) is 0.194. The van der Waals surface area contributed by atoms with E-state index in [0.29, 0.717) is 17.3 Å². The molecule has 0 spiro atoms. The van der Waals surface area contributed by atoms with Gasteiger partial charge in [-0.25, -0.2) is 0 Å². The van der Waals surface area contributed by atoms with Crippen molar-refractivity contribution in [2.24, 2.45) is 5.92 Å². The van der Waals surface area contributed by atoms with Crippen LogP contribution in [0.25, 0.3) is 41.7 Å². The van der Waals surface area contributed by atoms with Crippen LogP contribution in [0.5, 0.6) is 0 Å². The number of nitrogens with zero attached hydrogens (tertiary/aromatic N) is 2. The third kappa shape index (κ3) is 12.6. The first-order valence-corrected chi connectivity index (χ1v) is 22.4. The summed E-state index contributed by atoms with van der Waals surface area (Å²) in [6, 6.07) is 8.45. The van der Waals surface area contributed by atoms with Crippen molar-refractivity contribution in [3.63, 3.8) is 0 Å². The molecule has 2 heteroatoms. The zero-order valence-corrected chi connectivity index (χ0v) is 39.7. The lowest BCUT2D eigenvalue weighted by atomic mass is 9.82. The van der Waals surface area contributed by atoms with Crippen LogP contribution in [-0.4, -0.2) is 9.47 Å². The second kappa shape index (κ2) is 24.1. The van der Waals surface area contributed by atoms with Gasteiger partial charge in [-0.15, -0.1) is 0 Å². The van der Waals surface area contributed by atoms with Gasteiger partial charge in [0.1, 0.15) is 0 Å². The number of hydrogen-bond donors (Lipinski definition) is 0. The van der Waals surface area contributed by atoms with Crippen molar-refractivity contribution in [3.05, 3.63) is 258 Å². The molecule has 2 aromatic rings. The van der Waals surface area contributed by atoms with Crippen LogP contribution in [-0.2, 0) is 0 Å². The first-order valence-electron chi connectivity index (χ1n) is 22.4. The molecule has 2 heterocycles. The monoisotopic (exact) mass is 843 g/mol. The molecule has 1 aromatic heterocycles. The van der Waals surface area contributed by atoms with Crippen molar-refractivity contribution in [2.75, 3.05) is 0 Å². The minimum absolute atomic E-state index is 0.327. The first-order chi connectivity index (χ1) is 30.7. The average Bonchev–Trinajstić information content (AvgIpc) is 3.52.